The van der Waals surface area contributed by atoms with Gasteiger partial charge in [-0.05, 0) is 45.7 Å². The summed E-state index contributed by atoms with van der Waals surface area (Å²) in [4.78, 5) is 2.30. The van der Waals surface area contributed by atoms with Crippen LogP contribution in [0.2, 0.25) is 0 Å². The van der Waals surface area contributed by atoms with Gasteiger partial charge in [0.1, 0.15) is 0 Å². The molecule has 0 bridgehead atoms. The molecule has 100 valence electrons. The first-order valence-electron chi connectivity index (χ1n) is 6.78. The fraction of sp³-hybridized carbons (Fsp3) is 1.00. The summed E-state index contributed by atoms with van der Waals surface area (Å²) in [5.74, 6) is 0.323. The van der Waals surface area contributed by atoms with Crippen LogP contribution in [0.15, 0.2) is 0 Å². The monoisotopic (exact) mass is 260 g/mol. The van der Waals surface area contributed by atoms with Crippen molar-refractivity contribution in [3.8, 4) is 0 Å². The molecule has 0 atom stereocenters. The number of nitrogens with zero attached hydrogens (tertiary/aromatic N) is 2. The van der Waals surface area contributed by atoms with Gasteiger partial charge in [-0.25, -0.2) is 12.7 Å². The zero-order valence-corrected chi connectivity index (χ0v) is 11.6. The van der Waals surface area contributed by atoms with E-state index in [1.54, 1.807) is 4.31 Å². The number of hydrogen-bond donors (Lipinski definition) is 0. The van der Waals surface area contributed by atoms with Gasteiger partial charge in [0, 0.05) is 19.1 Å². The minimum atomic E-state index is -2.98. The van der Waals surface area contributed by atoms with E-state index >= 15 is 0 Å². The first-order valence-corrected chi connectivity index (χ1v) is 8.38. The van der Waals surface area contributed by atoms with E-state index in [0.29, 0.717) is 5.75 Å². The predicted octanol–water partition coefficient (Wildman–Crippen LogP) is 1.29. The molecule has 5 heteroatoms. The van der Waals surface area contributed by atoms with Crippen molar-refractivity contribution >= 4 is 10.0 Å². The maximum atomic E-state index is 12.1. The fourth-order valence-corrected chi connectivity index (χ4v) is 4.03. The highest BCUT2D eigenvalue weighted by atomic mass is 32.2. The predicted molar refractivity (Wildman–Crippen MR) is 69.5 cm³/mol. The third kappa shape index (κ3) is 3.93. The maximum Gasteiger partial charge on any atom is 0.214 e. The Labute approximate surface area is 105 Å². The third-order valence-electron chi connectivity index (χ3n) is 3.79. The van der Waals surface area contributed by atoms with Crippen LogP contribution in [0.5, 0.6) is 0 Å². The lowest BCUT2D eigenvalue weighted by molar-refractivity contribution is 0.320. The summed E-state index contributed by atoms with van der Waals surface area (Å²) in [6.45, 7) is 2.39. The van der Waals surface area contributed by atoms with Crippen molar-refractivity contribution in [2.75, 3.05) is 32.4 Å². The van der Waals surface area contributed by atoms with Crippen molar-refractivity contribution in [1.82, 2.24) is 9.21 Å². The van der Waals surface area contributed by atoms with Gasteiger partial charge in [0.15, 0.2) is 0 Å². The number of sulfonamides is 1. The lowest BCUT2D eigenvalue weighted by Gasteiger charge is -2.26. The molecule has 0 amide bonds. The third-order valence-corrected chi connectivity index (χ3v) is 5.75. The standard InChI is InChI=1S/C12H24N2O2S/c1-13(12-6-7-12)8-5-11-17(15,16)14-9-3-2-4-10-14/h12H,2-11H2,1H3. The van der Waals surface area contributed by atoms with Crippen molar-refractivity contribution in [1.29, 1.82) is 0 Å². The summed E-state index contributed by atoms with van der Waals surface area (Å²) in [6.07, 6.45) is 6.58. The summed E-state index contributed by atoms with van der Waals surface area (Å²) in [5, 5.41) is 0. The van der Waals surface area contributed by atoms with E-state index in [4.69, 9.17) is 0 Å². The van der Waals surface area contributed by atoms with Gasteiger partial charge in [-0.15, -0.1) is 0 Å². The Morgan fingerprint density at radius 2 is 1.82 bits per heavy atom. The number of rotatable bonds is 6. The smallest absolute Gasteiger partial charge is 0.214 e. The van der Waals surface area contributed by atoms with Gasteiger partial charge < -0.3 is 4.90 Å². The average Bonchev–Trinajstić information content (AvgIpc) is 3.14. The molecule has 2 fully saturated rings. The van der Waals surface area contributed by atoms with E-state index in [0.717, 1.165) is 44.9 Å². The van der Waals surface area contributed by atoms with Gasteiger partial charge in [-0.1, -0.05) is 6.42 Å². The highest BCUT2D eigenvalue weighted by molar-refractivity contribution is 7.89. The molecule has 1 aliphatic heterocycles. The van der Waals surface area contributed by atoms with Gasteiger partial charge in [0.2, 0.25) is 10.0 Å². The molecule has 1 aliphatic carbocycles. The van der Waals surface area contributed by atoms with Crippen LogP contribution < -0.4 is 0 Å². The van der Waals surface area contributed by atoms with Crippen LogP contribution in [0.1, 0.15) is 38.5 Å². The Balaban J connectivity index is 1.72. The first kappa shape index (κ1) is 13.3. The summed E-state index contributed by atoms with van der Waals surface area (Å²) >= 11 is 0. The highest BCUT2D eigenvalue weighted by Crippen LogP contribution is 2.25. The molecule has 0 N–H and O–H groups in total. The molecule has 1 saturated carbocycles. The summed E-state index contributed by atoms with van der Waals surface area (Å²) < 4.78 is 25.8. The van der Waals surface area contributed by atoms with Crippen LogP contribution in [0, 0.1) is 0 Å². The second kappa shape index (κ2) is 5.67. The normalized spacial score (nSPS) is 23.2. The van der Waals surface area contributed by atoms with Gasteiger partial charge in [0.05, 0.1) is 5.75 Å². The van der Waals surface area contributed by atoms with Crippen molar-refractivity contribution < 1.29 is 8.42 Å². The molecule has 1 saturated heterocycles. The molecule has 0 unspecified atom stereocenters. The highest BCUT2D eigenvalue weighted by Gasteiger charge is 2.27. The van der Waals surface area contributed by atoms with Crippen molar-refractivity contribution in [3.05, 3.63) is 0 Å². The lowest BCUT2D eigenvalue weighted by atomic mass is 10.2. The molecule has 2 aliphatic rings. The van der Waals surface area contributed by atoms with Gasteiger partial charge in [-0.2, -0.15) is 0 Å². The van der Waals surface area contributed by atoms with E-state index in [9.17, 15) is 8.42 Å². The Kier molecular flexibility index (Phi) is 4.44. The van der Waals surface area contributed by atoms with E-state index < -0.39 is 10.0 Å². The summed E-state index contributed by atoms with van der Waals surface area (Å²) in [7, 11) is -0.875. The molecule has 0 aromatic rings. The number of piperidine rings is 1. The molecule has 2 rings (SSSR count). The molecule has 0 aromatic carbocycles. The van der Waals surface area contributed by atoms with Crippen molar-refractivity contribution in [2.45, 2.75) is 44.6 Å². The topological polar surface area (TPSA) is 40.6 Å². The van der Waals surface area contributed by atoms with Gasteiger partial charge in [0.25, 0.3) is 0 Å². The molecule has 17 heavy (non-hydrogen) atoms. The van der Waals surface area contributed by atoms with E-state index in [1.165, 1.54) is 19.3 Å². The Bertz CT molecular complexity index is 332. The van der Waals surface area contributed by atoms with Crippen LogP contribution in [-0.2, 0) is 10.0 Å². The van der Waals surface area contributed by atoms with E-state index in [2.05, 4.69) is 11.9 Å². The van der Waals surface area contributed by atoms with Crippen LogP contribution in [0.3, 0.4) is 0 Å². The Morgan fingerprint density at radius 3 is 2.41 bits per heavy atom. The summed E-state index contributed by atoms with van der Waals surface area (Å²) in [6, 6.07) is 0.729. The molecule has 4 nitrogen and oxygen atoms in total. The number of hydrogen-bond acceptors (Lipinski definition) is 3. The molecular weight excluding hydrogens is 236 g/mol. The maximum absolute atomic E-state index is 12.1. The molecule has 0 aromatic heterocycles. The van der Waals surface area contributed by atoms with Crippen LogP contribution in [0.4, 0.5) is 0 Å². The summed E-state index contributed by atoms with van der Waals surface area (Å²) in [5.41, 5.74) is 0. The largest absolute Gasteiger partial charge is 0.303 e. The second-order valence-corrected chi connectivity index (χ2v) is 7.43. The van der Waals surface area contributed by atoms with Crippen molar-refractivity contribution in [2.24, 2.45) is 0 Å². The molecule has 0 radical (unpaired) electrons. The zero-order chi connectivity index (χ0) is 12.3. The SMILES string of the molecule is CN(CCCS(=O)(=O)N1CCCCC1)C1CC1. The van der Waals surface area contributed by atoms with E-state index in [1.807, 2.05) is 0 Å². The molecule has 0 spiro atoms. The Morgan fingerprint density at radius 1 is 1.18 bits per heavy atom. The molecular formula is C12H24N2O2S. The van der Waals surface area contributed by atoms with Crippen LogP contribution in [0.25, 0.3) is 0 Å². The lowest BCUT2D eigenvalue weighted by Crippen LogP contribution is -2.38. The van der Waals surface area contributed by atoms with E-state index in [-0.39, 0.29) is 0 Å². The fourth-order valence-electron chi connectivity index (χ4n) is 2.47. The minimum Gasteiger partial charge on any atom is -0.303 e. The van der Waals surface area contributed by atoms with Gasteiger partial charge >= 0.3 is 0 Å². The van der Waals surface area contributed by atoms with Crippen molar-refractivity contribution in [3.63, 3.8) is 0 Å². The quantitative estimate of drug-likeness (QED) is 0.722. The first-order chi connectivity index (χ1) is 8.09. The van der Waals surface area contributed by atoms with Crippen LogP contribution >= 0.6 is 0 Å². The second-order valence-electron chi connectivity index (χ2n) is 5.34. The van der Waals surface area contributed by atoms with Gasteiger partial charge in [-0.3, -0.25) is 0 Å². The average molecular weight is 260 g/mol. The Hall–Kier alpha value is -0.130. The zero-order valence-electron chi connectivity index (χ0n) is 10.8. The minimum absolute atomic E-state index is 0.323. The molecule has 1 heterocycles. The van der Waals surface area contributed by atoms with Crippen LogP contribution in [-0.4, -0.2) is 56.1 Å².